The topological polar surface area (TPSA) is 86.9 Å². The van der Waals surface area contributed by atoms with Gasteiger partial charge in [0.2, 0.25) is 5.91 Å². The minimum atomic E-state index is -0.0749. The molecule has 0 aliphatic rings. The predicted octanol–water partition coefficient (Wildman–Crippen LogP) is 3.61. The molecule has 0 unspecified atom stereocenters. The molecule has 8 nitrogen and oxygen atoms in total. The first kappa shape index (κ1) is 22.6. The molecule has 1 amide bonds. The van der Waals surface area contributed by atoms with Crippen molar-refractivity contribution in [3.8, 4) is 28.4 Å². The Kier molecular flexibility index (Phi) is 6.79. The van der Waals surface area contributed by atoms with Gasteiger partial charge >= 0.3 is 0 Å². The summed E-state index contributed by atoms with van der Waals surface area (Å²) in [5.41, 5.74) is 4.93. The highest BCUT2D eigenvalue weighted by Crippen LogP contribution is 2.31. The zero-order valence-electron chi connectivity index (χ0n) is 19.1. The van der Waals surface area contributed by atoms with Gasteiger partial charge in [-0.05, 0) is 24.6 Å². The summed E-state index contributed by atoms with van der Waals surface area (Å²) in [7, 11) is 5.41. The van der Waals surface area contributed by atoms with Gasteiger partial charge in [0.1, 0.15) is 11.4 Å². The third-order valence-corrected chi connectivity index (χ3v) is 6.21. The van der Waals surface area contributed by atoms with E-state index in [-0.39, 0.29) is 11.7 Å². The van der Waals surface area contributed by atoms with Crippen LogP contribution in [0.5, 0.6) is 5.75 Å². The largest absolute Gasteiger partial charge is 0.497 e. The molecule has 4 rings (SSSR count). The summed E-state index contributed by atoms with van der Waals surface area (Å²) < 4.78 is 8.89. The molecule has 0 atom stereocenters. The number of carbonyl (C=O) groups excluding carboxylic acids is 1. The molecular formula is C24H26N6O2S. The molecule has 2 heterocycles. The molecule has 0 saturated carbocycles. The molecule has 33 heavy (non-hydrogen) atoms. The van der Waals surface area contributed by atoms with Crippen molar-refractivity contribution in [1.82, 2.24) is 29.9 Å². The van der Waals surface area contributed by atoms with Crippen molar-refractivity contribution in [3.05, 3.63) is 65.9 Å². The van der Waals surface area contributed by atoms with Gasteiger partial charge in [0, 0.05) is 32.4 Å². The summed E-state index contributed by atoms with van der Waals surface area (Å²) in [5.74, 6) is 1.64. The van der Waals surface area contributed by atoms with Gasteiger partial charge in [0.05, 0.1) is 18.4 Å². The zero-order valence-corrected chi connectivity index (χ0v) is 19.9. The minimum Gasteiger partial charge on any atom is -0.497 e. The number of carbonyl (C=O) groups is 1. The Labute approximate surface area is 197 Å². The molecule has 0 radical (unpaired) electrons. The lowest BCUT2D eigenvalue weighted by atomic mass is 10.1. The van der Waals surface area contributed by atoms with Crippen molar-refractivity contribution < 1.29 is 9.53 Å². The lowest BCUT2D eigenvalue weighted by molar-refractivity contribution is -0.118. The van der Waals surface area contributed by atoms with E-state index in [0.29, 0.717) is 17.5 Å². The van der Waals surface area contributed by atoms with Gasteiger partial charge < -0.3 is 14.6 Å². The Hall–Kier alpha value is -3.59. The molecule has 2 aromatic carbocycles. The fraction of sp³-hybridized carbons (Fsp3) is 0.250. The van der Waals surface area contributed by atoms with Gasteiger partial charge in [-0.1, -0.05) is 53.7 Å². The van der Waals surface area contributed by atoms with Crippen LogP contribution in [-0.4, -0.2) is 43.3 Å². The third-order valence-electron chi connectivity index (χ3n) is 5.19. The van der Waals surface area contributed by atoms with Crippen LogP contribution < -0.4 is 10.1 Å². The molecule has 0 saturated heterocycles. The van der Waals surface area contributed by atoms with Crippen molar-refractivity contribution in [2.45, 2.75) is 18.6 Å². The Morgan fingerprint density at radius 1 is 1.12 bits per heavy atom. The van der Waals surface area contributed by atoms with Crippen molar-refractivity contribution in [1.29, 1.82) is 0 Å². The number of hydrogen-bond acceptors (Lipinski definition) is 6. The Bertz CT molecular complexity index is 1260. The van der Waals surface area contributed by atoms with E-state index in [1.165, 1.54) is 17.3 Å². The van der Waals surface area contributed by atoms with Gasteiger partial charge in [0.25, 0.3) is 0 Å². The normalized spacial score (nSPS) is 10.9. The van der Waals surface area contributed by atoms with Crippen LogP contribution in [0, 0.1) is 6.92 Å². The van der Waals surface area contributed by atoms with Gasteiger partial charge in [0.15, 0.2) is 11.0 Å². The molecule has 9 heteroatoms. The van der Waals surface area contributed by atoms with Gasteiger partial charge in [-0.3, -0.25) is 9.48 Å². The maximum atomic E-state index is 12.4. The predicted molar refractivity (Wildman–Crippen MR) is 129 cm³/mol. The van der Waals surface area contributed by atoms with Crippen LogP contribution in [0.4, 0.5) is 0 Å². The fourth-order valence-electron chi connectivity index (χ4n) is 3.42. The van der Waals surface area contributed by atoms with Crippen LogP contribution in [0.3, 0.4) is 0 Å². The molecule has 0 fully saturated rings. The van der Waals surface area contributed by atoms with Crippen LogP contribution in [0.25, 0.3) is 22.6 Å². The van der Waals surface area contributed by atoms with E-state index >= 15 is 0 Å². The summed E-state index contributed by atoms with van der Waals surface area (Å²) in [6.07, 6.45) is 1.94. The third kappa shape index (κ3) is 5.25. The first-order chi connectivity index (χ1) is 15.9. The number of rotatable bonds is 8. The number of benzene rings is 2. The smallest absolute Gasteiger partial charge is 0.230 e. The molecule has 0 aliphatic heterocycles. The number of methoxy groups -OCH3 is 1. The number of aromatic nitrogens is 5. The van der Waals surface area contributed by atoms with E-state index in [2.05, 4.69) is 51.8 Å². The molecule has 0 aliphatic carbocycles. The van der Waals surface area contributed by atoms with Crippen LogP contribution >= 0.6 is 11.8 Å². The Balaban J connectivity index is 1.43. The number of amides is 1. The van der Waals surface area contributed by atoms with E-state index in [9.17, 15) is 4.79 Å². The number of nitrogens with zero attached hydrogens (tertiary/aromatic N) is 5. The van der Waals surface area contributed by atoms with Gasteiger partial charge in [-0.2, -0.15) is 5.10 Å². The molecule has 1 N–H and O–H groups in total. The van der Waals surface area contributed by atoms with E-state index < -0.39 is 0 Å². The monoisotopic (exact) mass is 462 g/mol. The van der Waals surface area contributed by atoms with Crippen LogP contribution in [0.2, 0.25) is 0 Å². The second-order valence-corrected chi connectivity index (χ2v) is 8.66. The highest BCUT2D eigenvalue weighted by molar-refractivity contribution is 7.99. The van der Waals surface area contributed by atoms with Crippen molar-refractivity contribution in [3.63, 3.8) is 0 Å². The second-order valence-electron chi connectivity index (χ2n) is 7.71. The van der Waals surface area contributed by atoms with Crippen LogP contribution in [0.1, 0.15) is 11.1 Å². The standard InChI is InChI=1S/C24H26N6O2S/c1-16-8-10-18(11-9-16)22-20(14-29(2)28-22)23-26-27-24(30(23)3)33-15-21(31)25-13-17-6-5-7-19(12-17)32-4/h5-12,14H,13,15H2,1-4H3,(H,25,31). The summed E-state index contributed by atoms with van der Waals surface area (Å²) in [5, 5.41) is 16.9. The molecule has 4 aromatic rings. The lowest BCUT2D eigenvalue weighted by Crippen LogP contribution is -2.24. The maximum absolute atomic E-state index is 12.4. The molecule has 170 valence electrons. The maximum Gasteiger partial charge on any atom is 0.230 e. The average Bonchev–Trinajstić information content (AvgIpc) is 3.38. The second kappa shape index (κ2) is 9.91. The number of nitrogens with one attached hydrogen (secondary N) is 1. The Morgan fingerprint density at radius 2 is 1.91 bits per heavy atom. The van der Waals surface area contributed by atoms with Crippen LogP contribution in [0.15, 0.2) is 59.9 Å². The average molecular weight is 463 g/mol. The Morgan fingerprint density at radius 3 is 2.67 bits per heavy atom. The van der Waals surface area contributed by atoms with Gasteiger partial charge in [-0.15, -0.1) is 10.2 Å². The fourth-order valence-corrected chi connectivity index (χ4v) is 4.16. The highest BCUT2D eigenvalue weighted by Gasteiger charge is 2.19. The number of ether oxygens (including phenoxy) is 1. The summed E-state index contributed by atoms with van der Waals surface area (Å²) >= 11 is 1.35. The van der Waals surface area contributed by atoms with E-state index in [1.807, 2.05) is 49.1 Å². The van der Waals surface area contributed by atoms with Crippen molar-refractivity contribution in [2.75, 3.05) is 12.9 Å². The first-order valence-electron chi connectivity index (χ1n) is 10.5. The molecule has 0 bridgehead atoms. The summed E-state index contributed by atoms with van der Waals surface area (Å²) in [4.78, 5) is 12.4. The van der Waals surface area contributed by atoms with Crippen LogP contribution in [-0.2, 0) is 25.4 Å². The molecular weight excluding hydrogens is 436 g/mol. The van der Waals surface area contributed by atoms with Crippen molar-refractivity contribution >= 4 is 17.7 Å². The number of aryl methyl sites for hydroxylation is 2. The summed E-state index contributed by atoms with van der Waals surface area (Å²) in [6.45, 7) is 2.50. The minimum absolute atomic E-state index is 0.0749. The molecule has 0 spiro atoms. The molecule has 2 aromatic heterocycles. The quantitative estimate of drug-likeness (QED) is 0.403. The number of thioether (sulfide) groups is 1. The van der Waals surface area contributed by atoms with Gasteiger partial charge in [-0.25, -0.2) is 0 Å². The SMILES string of the molecule is COc1cccc(CNC(=O)CSc2nnc(-c3cn(C)nc3-c3ccc(C)cc3)n2C)c1. The number of hydrogen-bond donors (Lipinski definition) is 1. The first-order valence-corrected chi connectivity index (χ1v) is 11.5. The van der Waals surface area contributed by atoms with E-state index in [1.54, 1.807) is 11.8 Å². The zero-order chi connectivity index (χ0) is 23.4. The van der Waals surface area contributed by atoms with E-state index in [4.69, 9.17) is 4.74 Å². The highest BCUT2D eigenvalue weighted by atomic mass is 32.2. The van der Waals surface area contributed by atoms with Crippen molar-refractivity contribution in [2.24, 2.45) is 14.1 Å². The van der Waals surface area contributed by atoms with E-state index in [0.717, 1.165) is 28.1 Å². The lowest BCUT2D eigenvalue weighted by Gasteiger charge is -2.07. The summed E-state index contributed by atoms with van der Waals surface area (Å²) in [6, 6.07) is 15.9.